The fraction of sp³-hybridized carbons (Fsp3) is 0.286. The van der Waals surface area contributed by atoms with Crippen molar-refractivity contribution in [2.45, 2.75) is 20.3 Å². The van der Waals surface area contributed by atoms with Crippen molar-refractivity contribution < 1.29 is 19.1 Å². The lowest BCUT2D eigenvalue weighted by molar-refractivity contribution is -0.121. The van der Waals surface area contributed by atoms with Gasteiger partial charge in [0.05, 0.1) is 19.1 Å². The Morgan fingerprint density at radius 2 is 1.63 bits per heavy atom. The molecule has 27 heavy (non-hydrogen) atoms. The van der Waals surface area contributed by atoms with Gasteiger partial charge in [-0.3, -0.25) is 9.59 Å². The van der Waals surface area contributed by atoms with Gasteiger partial charge in [-0.25, -0.2) is 4.79 Å². The maximum Gasteiger partial charge on any atom is 0.337 e. The summed E-state index contributed by atoms with van der Waals surface area (Å²) in [7, 11) is 1.32. The van der Waals surface area contributed by atoms with E-state index < -0.39 is 5.97 Å². The van der Waals surface area contributed by atoms with Crippen LogP contribution < -0.4 is 10.2 Å². The Kier molecular flexibility index (Phi) is 7.11. The van der Waals surface area contributed by atoms with Gasteiger partial charge in [0, 0.05) is 25.7 Å². The maximum atomic E-state index is 12.1. The van der Waals surface area contributed by atoms with Gasteiger partial charge < -0.3 is 15.0 Å². The van der Waals surface area contributed by atoms with E-state index in [0.29, 0.717) is 30.8 Å². The summed E-state index contributed by atoms with van der Waals surface area (Å²) in [5.74, 6) is -0.670. The molecule has 2 aromatic carbocycles. The number of carbonyl (C=O) groups is 3. The summed E-state index contributed by atoms with van der Waals surface area (Å²) in [6.07, 6.45) is 0.300. The Balaban J connectivity index is 1.90. The van der Waals surface area contributed by atoms with Crippen LogP contribution in [-0.2, 0) is 20.7 Å². The first kappa shape index (κ1) is 20.2. The van der Waals surface area contributed by atoms with E-state index in [0.717, 1.165) is 11.1 Å². The summed E-state index contributed by atoms with van der Waals surface area (Å²) in [6, 6.07) is 14.4. The summed E-state index contributed by atoms with van der Waals surface area (Å²) in [6.45, 7) is 4.13. The molecule has 0 atom stereocenters. The Hall–Kier alpha value is -3.15. The number of rotatable bonds is 7. The highest BCUT2D eigenvalue weighted by Crippen LogP contribution is 2.16. The van der Waals surface area contributed by atoms with Crippen molar-refractivity contribution in [3.05, 3.63) is 65.2 Å². The van der Waals surface area contributed by atoms with Crippen molar-refractivity contribution in [3.8, 4) is 0 Å². The zero-order chi connectivity index (χ0) is 19.8. The quantitative estimate of drug-likeness (QED) is 0.762. The molecule has 0 aliphatic rings. The molecule has 0 fully saturated rings. The number of hydrogen-bond donors (Lipinski definition) is 1. The molecule has 0 saturated heterocycles. The van der Waals surface area contributed by atoms with E-state index in [1.54, 1.807) is 29.2 Å². The molecule has 0 heterocycles. The molecule has 0 aliphatic carbocycles. The van der Waals surface area contributed by atoms with Crippen molar-refractivity contribution in [2.75, 3.05) is 25.1 Å². The molecule has 2 amide bonds. The van der Waals surface area contributed by atoms with Crippen LogP contribution in [-0.4, -0.2) is 38.0 Å². The predicted molar refractivity (Wildman–Crippen MR) is 104 cm³/mol. The van der Waals surface area contributed by atoms with E-state index in [1.807, 2.05) is 31.2 Å². The van der Waals surface area contributed by atoms with Gasteiger partial charge in [-0.15, -0.1) is 0 Å². The average Bonchev–Trinajstić information content (AvgIpc) is 2.66. The van der Waals surface area contributed by atoms with Gasteiger partial charge in [0.2, 0.25) is 11.8 Å². The van der Waals surface area contributed by atoms with Crippen LogP contribution in [0.25, 0.3) is 0 Å². The number of carbonyl (C=O) groups excluding carboxylic acids is 3. The number of methoxy groups -OCH3 is 1. The predicted octanol–water partition coefficient (Wildman–Crippen LogP) is 2.49. The van der Waals surface area contributed by atoms with Crippen LogP contribution in [0.15, 0.2) is 48.5 Å². The van der Waals surface area contributed by atoms with E-state index in [-0.39, 0.29) is 11.8 Å². The number of hydrogen-bond acceptors (Lipinski definition) is 4. The van der Waals surface area contributed by atoms with Gasteiger partial charge in [-0.05, 0) is 36.8 Å². The molecule has 0 unspecified atom stereocenters. The fourth-order valence-electron chi connectivity index (χ4n) is 2.62. The normalized spacial score (nSPS) is 10.2. The fourth-order valence-corrected chi connectivity index (χ4v) is 2.62. The molecule has 0 bridgehead atoms. The molecule has 1 N–H and O–H groups in total. The van der Waals surface area contributed by atoms with Crippen molar-refractivity contribution in [1.29, 1.82) is 0 Å². The van der Waals surface area contributed by atoms with Crippen LogP contribution in [0.4, 0.5) is 5.69 Å². The third-order valence-electron chi connectivity index (χ3n) is 4.12. The minimum atomic E-state index is -0.431. The van der Waals surface area contributed by atoms with Crippen LogP contribution in [0.5, 0.6) is 0 Å². The van der Waals surface area contributed by atoms with E-state index >= 15 is 0 Å². The molecule has 0 aliphatic heterocycles. The van der Waals surface area contributed by atoms with E-state index in [1.165, 1.54) is 14.0 Å². The number of amides is 2. The Labute approximate surface area is 159 Å². The van der Waals surface area contributed by atoms with Gasteiger partial charge in [-0.1, -0.05) is 29.8 Å². The molecule has 0 radical (unpaired) electrons. The lowest BCUT2D eigenvalue weighted by atomic mass is 10.1. The maximum absolute atomic E-state index is 12.1. The molecule has 2 aromatic rings. The van der Waals surface area contributed by atoms with Crippen LogP contribution in [0.1, 0.15) is 28.4 Å². The summed E-state index contributed by atoms with van der Waals surface area (Å²) >= 11 is 0. The van der Waals surface area contributed by atoms with E-state index in [4.69, 9.17) is 0 Å². The number of nitrogens with one attached hydrogen (secondary N) is 1. The Morgan fingerprint density at radius 1 is 1.00 bits per heavy atom. The van der Waals surface area contributed by atoms with Crippen LogP contribution in [0, 0.1) is 6.92 Å². The molecule has 6 nitrogen and oxygen atoms in total. The number of benzene rings is 2. The first-order valence-corrected chi connectivity index (χ1v) is 8.69. The molecule has 0 aromatic heterocycles. The topological polar surface area (TPSA) is 75.7 Å². The highest BCUT2D eigenvalue weighted by atomic mass is 16.5. The van der Waals surface area contributed by atoms with E-state index in [2.05, 4.69) is 10.1 Å². The largest absolute Gasteiger partial charge is 0.465 e. The molecule has 2 rings (SSSR count). The number of anilines is 1. The van der Waals surface area contributed by atoms with Crippen LogP contribution >= 0.6 is 0 Å². The zero-order valence-electron chi connectivity index (χ0n) is 15.8. The molecule has 142 valence electrons. The lowest BCUT2D eigenvalue weighted by Crippen LogP contribution is -2.38. The Morgan fingerprint density at radius 3 is 2.19 bits per heavy atom. The third-order valence-corrected chi connectivity index (χ3v) is 4.12. The average molecular weight is 368 g/mol. The Bertz CT molecular complexity index is 798. The summed E-state index contributed by atoms with van der Waals surface area (Å²) in [5.41, 5.74) is 3.16. The van der Waals surface area contributed by atoms with Gasteiger partial charge in [-0.2, -0.15) is 0 Å². The zero-order valence-corrected chi connectivity index (χ0v) is 15.8. The number of ether oxygens (including phenoxy) is 1. The number of aryl methyl sites for hydroxylation is 1. The third kappa shape index (κ3) is 5.95. The highest BCUT2D eigenvalue weighted by Gasteiger charge is 2.13. The molecule has 0 saturated carbocycles. The molecule has 0 spiro atoms. The van der Waals surface area contributed by atoms with Crippen molar-refractivity contribution in [1.82, 2.24) is 5.32 Å². The molecule has 6 heteroatoms. The standard InChI is InChI=1S/C21H24N2O4/c1-15-4-6-17(7-5-15)14-20(25)22-12-13-23(16(2)24)19-10-8-18(9-11-19)21(26)27-3/h4-11H,12-14H2,1-3H3,(H,22,25). The first-order valence-electron chi connectivity index (χ1n) is 8.69. The van der Waals surface area contributed by atoms with Gasteiger partial charge in [0.1, 0.15) is 0 Å². The van der Waals surface area contributed by atoms with Crippen molar-refractivity contribution >= 4 is 23.5 Å². The monoisotopic (exact) mass is 368 g/mol. The van der Waals surface area contributed by atoms with Crippen LogP contribution in [0.3, 0.4) is 0 Å². The summed E-state index contributed by atoms with van der Waals surface area (Å²) < 4.78 is 4.66. The van der Waals surface area contributed by atoms with Crippen LogP contribution in [0.2, 0.25) is 0 Å². The first-order chi connectivity index (χ1) is 12.9. The van der Waals surface area contributed by atoms with Crippen molar-refractivity contribution in [2.24, 2.45) is 0 Å². The second-order valence-corrected chi connectivity index (χ2v) is 6.22. The van der Waals surface area contributed by atoms with Gasteiger partial charge in [0.15, 0.2) is 0 Å². The number of nitrogens with zero attached hydrogens (tertiary/aromatic N) is 1. The summed E-state index contributed by atoms with van der Waals surface area (Å²) in [5, 5.41) is 2.83. The lowest BCUT2D eigenvalue weighted by Gasteiger charge is -2.21. The summed E-state index contributed by atoms with van der Waals surface area (Å²) in [4.78, 5) is 37.1. The smallest absolute Gasteiger partial charge is 0.337 e. The van der Waals surface area contributed by atoms with Gasteiger partial charge in [0.25, 0.3) is 0 Å². The minimum absolute atomic E-state index is 0.0941. The van der Waals surface area contributed by atoms with Gasteiger partial charge >= 0.3 is 5.97 Å². The SMILES string of the molecule is COC(=O)c1ccc(N(CCNC(=O)Cc2ccc(C)cc2)C(C)=O)cc1. The second kappa shape index (κ2) is 9.52. The highest BCUT2D eigenvalue weighted by molar-refractivity contribution is 5.93. The second-order valence-electron chi connectivity index (χ2n) is 6.22. The molecular weight excluding hydrogens is 344 g/mol. The molecular formula is C21H24N2O4. The van der Waals surface area contributed by atoms with E-state index in [9.17, 15) is 14.4 Å². The number of esters is 1. The minimum Gasteiger partial charge on any atom is -0.465 e. The van der Waals surface area contributed by atoms with Crippen molar-refractivity contribution in [3.63, 3.8) is 0 Å².